The number of hydrogen-bond donors (Lipinski definition) is 2. The molecule has 1 fully saturated rings. The van der Waals surface area contributed by atoms with E-state index < -0.39 is 0 Å². The van der Waals surface area contributed by atoms with Crippen molar-refractivity contribution in [3.63, 3.8) is 0 Å². The number of carbonyl (C=O) groups excluding carboxylic acids is 1. The van der Waals surface area contributed by atoms with E-state index in [0.717, 1.165) is 44.8 Å². The Bertz CT molecular complexity index is 451. The van der Waals surface area contributed by atoms with Crippen molar-refractivity contribution >= 4 is 11.6 Å². The zero-order valence-electron chi connectivity index (χ0n) is 13.2. The van der Waals surface area contributed by atoms with E-state index in [1.165, 1.54) is 5.56 Å². The van der Waals surface area contributed by atoms with Gasteiger partial charge in [-0.3, -0.25) is 9.69 Å². The molecule has 21 heavy (non-hydrogen) atoms. The van der Waals surface area contributed by atoms with Gasteiger partial charge in [0.05, 0.1) is 0 Å². The molecule has 0 aliphatic carbocycles. The summed E-state index contributed by atoms with van der Waals surface area (Å²) in [6.45, 7) is 9.37. The molecule has 4 nitrogen and oxygen atoms in total. The van der Waals surface area contributed by atoms with Gasteiger partial charge in [-0.15, -0.1) is 0 Å². The van der Waals surface area contributed by atoms with Crippen LogP contribution in [0.4, 0.5) is 5.69 Å². The van der Waals surface area contributed by atoms with Crippen LogP contribution in [-0.2, 0) is 11.3 Å². The Morgan fingerprint density at radius 1 is 1.38 bits per heavy atom. The van der Waals surface area contributed by atoms with Crippen LogP contribution >= 0.6 is 0 Å². The zero-order valence-corrected chi connectivity index (χ0v) is 13.2. The first-order chi connectivity index (χ1) is 10.2. The van der Waals surface area contributed by atoms with E-state index in [4.69, 9.17) is 0 Å². The van der Waals surface area contributed by atoms with Crippen molar-refractivity contribution in [2.24, 2.45) is 5.92 Å². The number of nitrogens with zero attached hydrogens (tertiary/aromatic N) is 1. The smallest absolute Gasteiger partial charge is 0.224 e. The number of carbonyl (C=O) groups is 1. The molecule has 116 valence electrons. The van der Waals surface area contributed by atoms with Crippen molar-refractivity contribution in [2.45, 2.75) is 33.2 Å². The van der Waals surface area contributed by atoms with Crippen molar-refractivity contribution in [1.82, 2.24) is 10.2 Å². The number of anilines is 1. The summed E-state index contributed by atoms with van der Waals surface area (Å²) in [4.78, 5) is 14.4. The highest BCUT2D eigenvalue weighted by Crippen LogP contribution is 2.16. The third-order valence-corrected chi connectivity index (χ3v) is 4.15. The van der Waals surface area contributed by atoms with Gasteiger partial charge in [0.25, 0.3) is 0 Å². The molecule has 1 atom stereocenters. The molecule has 0 aromatic heterocycles. The summed E-state index contributed by atoms with van der Waals surface area (Å²) in [5.41, 5.74) is 2.16. The molecule has 1 aliphatic rings. The fourth-order valence-corrected chi connectivity index (χ4v) is 2.82. The Morgan fingerprint density at radius 2 is 2.19 bits per heavy atom. The number of rotatable bonds is 7. The summed E-state index contributed by atoms with van der Waals surface area (Å²) in [5.74, 6) is 0.618. The van der Waals surface area contributed by atoms with Crippen LogP contribution in [0.25, 0.3) is 0 Å². The van der Waals surface area contributed by atoms with Crippen LogP contribution in [0.1, 0.15) is 32.3 Å². The number of hydrogen-bond acceptors (Lipinski definition) is 3. The van der Waals surface area contributed by atoms with Crippen LogP contribution in [0.15, 0.2) is 24.3 Å². The van der Waals surface area contributed by atoms with Gasteiger partial charge in [0.2, 0.25) is 5.91 Å². The second kappa shape index (κ2) is 8.15. The van der Waals surface area contributed by atoms with E-state index in [9.17, 15) is 4.79 Å². The molecule has 1 aromatic rings. The predicted octanol–water partition coefficient (Wildman–Crippen LogP) is 2.47. The highest BCUT2D eigenvalue weighted by Gasteiger charge is 2.18. The van der Waals surface area contributed by atoms with E-state index in [0.29, 0.717) is 12.3 Å². The van der Waals surface area contributed by atoms with Gasteiger partial charge in [-0.05, 0) is 56.2 Å². The van der Waals surface area contributed by atoms with E-state index in [1.807, 2.05) is 12.1 Å². The Labute approximate surface area is 127 Å². The first-order valence-electron chi connectivity index (χ1n) is 8.03. The molecule has 4 heteroatoms. The maximum absolute atomic E-state index is 12.1. The summed E-state index contributed by atoms with van der Waals surface area (Å²) < 4.78 is 0. The van der Waals surface area contributed by atoms with Crippen LogP contribution in [-0.4, -0.2) is 37.0 Å². The molecule has 0 spiro atoms. The van der Waals surface area contributed by atoms with Crippen molar-refractivity contribution in [3.05, 3.63) is 29.8 Å². The first-order valence-corrected chi connectivity index (χ1v) is 8.03. The van der Waals surface area contributed by atoms with Gasteiger partial charge < -0.3 is 10.6 Å². The fourth-order valence-electron chi connectivity index (χ4n) is 2.82. The Hall–Kier alpha value is -1.39. The predicted molar refractivity (Wildman–Crippen MR) is 87.3 cm³/mol. The van der Waals surface area contributed by atoms with Crippen LogP contribution < -0.4 is 10.6 Å². The number of benzene rings is 1. The number of nitrogens with one attached hydrogen (secondary N) is 2. The van der Waals surface area contributed by atoms with Crippen molar-refractivity contribution < 1.29 is 4.79 Å². The van der Waals surface area contributed by atoms with Gasteiger partial charge >= 0.3 is 0 Å². The van der Waals surface area contributed by atoms with E-state index in [1.54, 1.807) is 0 Å². The monoisotopic (exact) mass is 289 g/mol. The minimum absolute atomic E-state index is 0.128. The van der Waals surface area contributed by atoms with E-state index >= 15 is 0 Å². The SMILES string of the molecule is CCN(CC)Cc1cccc(NC(=O)CC2CCNC2)c1. The molecule has 2 N–H and O–H groups in total. The van der Waals surface area contributed by atoms with Gasteiger partial charge in [-0.1, -0.05) is 26.0 Å². The van der Waals surface area contributed by atoms with E-state index in [-0.39, 0.29) is 5.91 Å². The third kappa shape index (κ3) is 5.14. The summed E-state index contributed by atoms with van der Waals surface area (Å²) in [6.07, 6.45) is 1.72. The lowest BCUT2D eigenvalue weighted by Crippen LogP contribution is -2.22. The fraction of sp³-hybridized carbons (Fsp3) is 0.588. The standard InChI is InChI=1S/C17H27N3O/c1-3-20(4-2)13-15-6-5-7-16(10-15)19-17(21)11-14-8-9-18-12-14/h5-7,10,14,18H,3-4,8-9,11-13H2,1-2H3,(H,19,21). The Morgan fingerprint density at radius 3 is 2.86 bits per heavy atom. The second-order valence-electron chi connectivity index (χ2n) is 5.77. The highest BCUT2D eigenvalue weighted by atomic mass is 16.1. The van der Waals surface area contributed by atoms with Gasteiger partial charge in [0, 0.05) is 18.7 Å². The Balaban J connectivity index is 1.89. The minimum Gasteiger partial charge on any atom is -0.326 e. The Kier molecular flexibility index (Phi) is 6.21. The molecule has 0 bridgehead atoms. The molecule has 0 saturated carbocycles. The normalized spacial score (nSPS) is 18.1. The molecule has 1 heterocycles. The summed E-state index contributed by atoms with van der Waals surface area (Å²) in [6, 6.07) is 8.19. The molecule has 1 aromatic carbocycles. The lowest BCUT2D eigenvalue weighted by atomic mass is 10.0. The van der Waals surface area contributed by atoms with Crippen LogP contribution in [0, 0.1) is 5.92 Å². The molecule has 0 radical (unpaired) electrons. The average Bonchev–Trinajstić information content (AvgIpc) is 2.97. The molecular formula is C17H27N3O. The summed E-state index contributed by atoms with van der Waals surface area (Å²) in [5, 5.41) is 6.33. The lowest BCUT2D eigenvalue weighted by molar-refractivity contribution is -0.116. The van der Waals surface area contributed by atoms with Gasteiger partial charge in [-0.25, -0.2) is 0 Å². The third-order valence-electron chi connectivity index (χ3n) is 4.15. The summed E-state index contributed by atoms with van der Waals surface area (Å²) >= 11 is 0. The topological polar surface area (TPSA) is 44.4 Å². The molecule has 1 aliphatic heterocycles. The summed E-state index contributed by atoms with van der Waals surface area (Å²) in [7, 11) is 0. The van der Waals surface area contributed by atoms with Gasteiger partial charge in [0.15, 0.2) is 0 Å². The molecule has 1 unspecified atom stereocenters. The van der Waals surface area contributed by atoms with Gasteiger partial charge in [0.1, 0.15) is 0 Å². The molecule has 1 amide bonds. The quantitative estimate of drug-likeness (QED) is 0.810. The minimum atomic E-state index is 0.128. The van der Waals surface area contributed by atoms with Crippen molar-refractivity contribution in [2.75, 3.05) is 31.5 Å². The molecule has 2 rings (SSSR count). The molecular weight excluding hydrogens is 262 g/mol. The molecule has 1 saturated heterocycles. The maximum Gasteiger partial charge on any atom is 0.224 e. The van der Waals surface area contributed by atoms with Crippen LogP contribution in [0.3, 0.4) is 0 Å². The van der Waals surface area contributed by atoms with E-state index in [2.05, 4.69) is 41.5 Å². The van der Waals surface area contributed by atoms with Crippen molar-refractivity contribution in [3.8, 4) is 0 Å². The van der Waals surface area contributed by atoms with Crippen molar-refractivity contribution in [1.29, 1.82) is 0 Å². The zero-order chi connectivity index (χ0) is 15.1. The second-order valence-corrected chi connectivity index (χ2v) is 5.77. The van der Waals surface area contributed by atoms with Crippen LogP contribution in [0.5, 0.6) is 0 Å². The average molecular weight is 289 g/mol. The lowest BCUT2D eigenvalue weighted by Gasteiger charge is -2.18. The first kappa shape index (κ1) is 16.0. The van der Waals surface area contributed by atoms with Crippen LogP contribution in [0.2, 0.25) is 0 Å². The highest BCUT2D eigenvalue weighted by molar-refractivity contribution is 5.90. The largest absolute Gasteiger partial charge is 0.326 e. The number of amides is 1. The van der Waals surface area contributed by atoms with Gasteiger partial charge in [-0.2, -0.15) is 0 Å². The maximum atomic E-state index is 12.1.